The number of methoxy groups -OCH3 is 2. The summed E-state index contributed by atoms with van der Waals surface area (Å²) in [6.45, 7) is 0. The van der Waals surface area contributed by atoms with Crippen molar-refractivity contribution in [1.82, 2.24) is 20.2 Å². The van der Waals surface area contributed by atoms with E-state index in [2.05, 4.69) is 37.0 Å². The van der Waals surface area contributed by atoms with Crippen LogP contribution in [0.5, 0.6) is 11.9 Å². The van der Waals surface area contributed by atoms with Gasteiger partial charge in [-0.15, -0.1) is 0 Å². The summed E-state index contributed by atoms with van der Waals surface area (Å²) in [5.41, 5.74) is 2.02. The molecule has 0 aliphatic rings. The molecule has 2 radical (unpaired) electrons. The van der Waals surface area contributed by atoms with Crippen LogP contribution in [0.1, 0.15) is 11.3 Å². The fraction of sp³-hybridized carbons (Fsp3) is 0.364. The Morgan fingerprint density at radius 2 is 2.11 bits per heavy atom. The van der Waals surface area contributed by atoms with Gasteiger partial charge in [0.05, 0.1) is 0 Å². The molecule has 0 aromatic carbocycles. The van der Waals surface area contributed by atoms with Crippen molar-refractivity contribution in [2.24, 2.45) is 0 Å². The van der Waals surface area contributed by atoms with Crippen LogP contribution in [0, 0.1) is 0 Å². The normalized spacial score (nSPS) is 10.4. The zero-order valence-corrected chi connectivity index (χ0v) is 12.1. The van der Waals surface area contributed by atoms with Crippen LogP contribution >= 0.6 is 0 Å². The molecule has 0 saturated carbocycles. The molecular weight excluding hydrogens is 295 g/mol. The fourth-order valence-corrected chi connectivity index (χ4v) is 2.00. The van der Waals surface area contributed by atoms with Crippen molar-refractivity contribution in [3.63, 3.8) is 0 Å². The minimum absolute atomic E-state index is 0.310. The summed E-state index contributed by atoms with van der Waals surface area (Å²) >= 11 is 2.40. The predicted molar refractivity (Wildman–Crippen MR) is 66.5 cm³/mol. The van der Waals surface area contributed by atoms with Gasteiger partial charge in [0.2, 0.25) is 0 Å². The summed E-state index contributed by atoms with van der Waals surface area (Å²) in [5, 5.41) is 7.03. The summed E-state index contributed by atoms with van der Waals surface area (Å²) in [5.74, 6) is 0.550. The fourth-order valence-electron chi connectivity index (χ4n) is 1.57. The van der Waals surface area contributed by atoms with E-state index in [0.717, 1.165) is 28.6 Å². The summed E-state index contributed by atoms with van der Waals surface area (Å²) in [6, 6.07) is 2.31. The van der Waals surface area contributed by atoms with Crippen molar-refractivity contribution < 1.29 is 9.47 Å². The molecule has 0 unspecified atom stereocenters. The van der Waals surface area contributed by atoms with E-state index in [-0.39, 0.29) is 0 Å². The Balaban J connectivity index is 2.08. The van der Waals surface area contributed by atoms with Crippen LogP contribution in [0.2, 0.25) is 0 Å². The van der Waals surface area contributed by atoms with Crippen molar-refractivity contribution in [2.75, 3.05) is 14.2 Å². The average molecular weight is 308 g/mol. The molecule has 2 heterocycles. The summed E-state index contributed by atoms with van der Waals surface area (Å²) < 4.78 is 11.1. The van der Waals surface area contributed by atoms with E-state index >= 15 is 0 Å². The van der Waals surface area contributed by atoms with E-state index in [0.29, 0.717) is 11.9 Å². The molecule has 7 heteroatoms. The first-order chi connectivity index (χ1) is 8.72. The van der Waals surface area contributed by atoms with E-state index in [1.807, 2.05) is 6.07 Å². The van der Waals surface area contributed by atoms with Crippen molar-refractivity contribution in [1.29, 1.82) is 0 Å². The number of aryl methyl sites for hydroxylation is 2. The Kier molecular flexibility index (Phi) is 4.20. The number of aromatic amines is 1. The molecule has 0 spiro atoms. The second-order valence-electron chi connectivity index (χ2n) is 3.64. The van der Waals surface area contributed by atoms with Crippen molar-refractivity contribution >= 4 is 21.3 Å². The molecular formula is C11H13AsN4O2. The zero-order chi connectivity index (χ0) is 13.0. The number of nitrogens with one attached hydrogen (secondary N) is 1. The first-order valence-electron chi connectivity index (χ1n) is 5.40. The summed E-state index contributed by atoms with van der Waals surface area (Å²) in [4.78, 5) is 8.22. The molecule has 0 amide bonds. The molecule has 6 nitrogen and oxygen atoms in total. The second-order valence-corrected chi connectivity index (χ2v) is 4.60. The van der Waals surface area contributed by atoms with Crippen LogP contribution < -0.4 is 14.0 Å². The molecule has 0 bridgehead atoms. The Morgan fingerprint density at radius 1 is 1.28 bits per heavy atom. The Hall–Kier alpha value is -1.55. The molecule has 1 N–H and O–H groups in total. The molecule has 0 aliphatic heterocycles. The predicted octanol–water partition coefficient (Wildman–Crippen LogP) is -0.204. The zero-order valence-electron chi connectivity index (χ0n) is 10.2. The number of hydrogen-bond acceptors (Lipinski definition) is 5. The van der Waals surface area contributed by atoms with Gasteiger partial charge in [0, 0.05) is 0 Å². The number of rotatable bonds is 5. The van der Waals surface area contributed by atoms with E-state index in [9.17, 15) is 0 Å². The van der Waals surface area contributed by atoms with Crippen LogP contribution in [0.15, 0.2) is 12.3 Å². The Bertz CT molecular complexity index is 530. The standard InChI is InChI=1S/C11H13AsN4O2/c1-17-10-7(6-13-11(14-10)18-2)3-4-8-5-9(12)16-15-8/h5-6H,3-4H2,1-2H3,(H,15,16). The molecule has 18 heavy (non-hydrogen) atoms. The van der Waals surface area contributed by atoms with Crippen LogP contribution in [-0.4, -0.2) is 51.2 Å². The third-order valence-corrected chi connectivity index (χ3v) is 2.94. The number of nitrogens with zero attached hydrogens (tertiary/aromatic N) is 3. The first-order valence-corrected chi connectivity index (χ1v) is 6.34. The van der Waals surface area contributed by atoms with Gasteiger partial charge in [-0.2, -0.15) is 0 Å². The second kappa shape index (κ2) is 5.87. The van der Waals surface area contributed by atoms with Gasteiger partial charge in [-0.1, -0.05) is 0 Å². The number of aromatic nitrogens is 4. The van der Waals surface area contributed by atoms with E-state index in [1.165, 1.54) is 7.11 Å². The van der Waals surface area contributed by atoms with Gasteiger partial charge < -0.3 is 0 Å². The number of hydrogen-bond donors (Lipinski definition) is 1. The molecule has 0 saturated heterocycles. The average Bonchev–Trinajstić information content (AvgIpc) is 2.82. The summed E-state index contributed by atoms with van der Waals surface area (Å²) in [6.07, 6.45) is 3.34. The Morgan fingerprint density at radius 3 is 2.72 bits per heavy atom. The van der Waals surface area contributed by atoms with Crippen LogP contribution in [0.4, 0.5) is 0 Å². The molecule has 0 fully saturated rings. The molecule has 2 aromatic rings. The van der Waals surface area contributed by atoms with Gasteiger partial charge in [0.15, 0.2) is 0 Å². The van der Waals surface area contributed by atoms with Gasteiger partial charge in [-0.25, -0.2) is 0 Å². The van der Waals surface area contributed by atoms with Crippen molar-refractivity contribution in [3.8, 4) is 11.9 Å². The molecule has 0 aliphatic carbocycles. The molecule has 94 valence electrons. The van der Waals surface area contributed by atoms with Gasteiger partial charge in [-0.05, 0) is 0 Å². The van der Waals surface area contributed by atoms with Crippen LogP contribution in [0.3, 0.4) is 0 Å². The monoisotopic (exact) mass is 308 g/mol. The van der Waals surface area contributed by atoms with Crippen molar-refractivity contribution in [3.05, 3.63) is 23.5 Å². The molecule has 2 aromatic heterocycles. The summed E-state index contributed by atoms with van der Waals surface area (Å²) in [7, 11) is 3.11. The van der Waals surface area contributed by atoms with Crippen molar-refractivity contribution in [2.45, 2.75) is 12.8 Å². The van der Waals surface area contributed by atoms with Gasteiger partial charge in [-0.3, -0.25) is 0 Å². The maximum absolute atomic E-state index is 5.22. The number of ether oxygens (including phenoxy) is 2. The maximum atomic E-state index is 5.22. The third-order valence-electron chi connectivity index (χ3n) is 2.46. The van der Waals surface area contributed by atoms with Crippen LogP contribution in [0.25, 0.3) is 0 Å². The van der Waals surface area contributed by atoms with E-state index in [4.69, 9.17) is 9.47 Å². The topological polar surface area (TPSA) is 72.9 Å². The Labute approximate surface area is 114 Å². The van der Waals surface area contributed by atoms with E-state index in [1.54, 1.807) is 13.3 Å². The number of H-pyrrole nitrogens is 1. The van der Waals surface area contributed by atoms with E-state index < -0.39 is 0 Å². The van der Waals surface area contributed by atoms with Gasteiger partial charge in [0.25, 0.3) is 0 Å². The van der Waals surface area contributed by atoms with Crippen LogP contribution in [-0.2, 0) is 12.8 Å². The van der Waals surface area contributed by atoms with Gasteiger partial charge in [0.1, 0.15) is 0 Å². The first kappa shape index (κ1) is 12.9. The SMILES string of the molecule is COc1ncc(CCc2cc([As])n[nH]2)c(OC)n1. The molecule has 0 atom stereocenters. The molecule has 2 rings (SSSR count). The van der Waals surface area contributed by atoms with Gasteiger partial charge >= 0.3 is 113 Å². The quantitative estimate of drug-likeness (QED) is 0.774. The third kappa shape index (κ3) is 3.01. The minimum atomic E-state index is 0.310.